The van der Waals surface area contributed by atoms with Crippen LogP contribution >= 0.6 is 0 Å². The summed E-state index contributed by atoms with van der Waals surface area (Å²) in [7, 11) is -3.73. The van der Waals surface area contributed by atoms with Gasteiger partial charge in [-0.3, -0.25) is 0 Å². The SMILES string of the molecule is C=CC(C=C)C(NCC(=C)CC)c1cn(S(=O)(=O)c2ccccc2)c2ccccc12. The highest BCUT2D eigenvalue weighted by atomic mass is 32.2. The van der Waals surface area contributed by atoms with Gasteiger partial charge in [0.05, 0.1) is 10.4 Å². The maximum absolute atomic E-state index is 13.4. The quantitative estimate of drug-likeness (QED) is 0.443. The number of benzene rings is 2. The minimum absolute atomic E-state index is 0.0756. The highest BCUT2D eigenvalue weighted by Gasteiger charge is 2.26. The second kappa shape index (κ2) is 9.28. The molecule has 156 valence electrons. The van der Waals surface area contributed by atoms with Crippen molar-refractivity contribution in [2.24, 2.45) is 5.92 Å². The standard InChI is InChI=1S/C25H28N2O2S/c1-5-19(4)17-26-25(20(6-2)7-3)23-18-27(24-16-12-11-15-22(23)24)30(28,29)21-13-9-8-10-14-21/h6-16,18,20,25-26H,2-5,17H2,1H3. The number of hydrogen-bond acceptors (Lipinski definition) is 3. The molecule has 1 aromatic heterocycles. The molecule has 0 amide bonds. The van der Waals surface area contributed by atoms with Crippen molar-refractivity contribution in [3.8, 4) is 0 Å². The van der Waals surface area contributed by atoms with E-state index >= 15 is 0 Å². The van der Waals surface area contributed by atoms with E-state index in [9.17, 15) is 8.42 Å². The molecule has 5 heteroatoms. The lowest BCUT2D eigenvalue weighted by Gasteiger charge is -2.24. The predicted octanol–water partition coefficient (Wildman–Crippen LogP) is 5.46. The van der Waals surface area contributed by atoms with E-state index in [-0.39, 0.29) is 16.9 Å². The van der Waals surface area contributed by atoms with Crippen molar-refractivity contribution in [2.45, 2.75) is 24.3 Å². The molecule has 1 atom stereocenters. The van der Waals surface area contributed by atoms with Gasteiger partial charge >= 0.3 is 0 Å². The number of fused-ring (bicyclic) bond motifs is 1. The van der Waals surface area contributed by atoms with Crippen LogP contribution in [-0.4, -0.2) is 18.9 Å². The van der Waals surface area contributed by atoms with Crippen molar-refractivity contribution in [2.75, 3.05) is 6.54 Å². The first-order chi connectivity index (χ1) is 14.4. The van der Waals surface area contributed by atoms with Crippen LogP contribution in [0.4, 0.5) is 0 Å². The summed E-state index contributed by atoms with van der Waals surface area (Å²) in [4.78, 5) is 0.255. The fourth-order valence-corrected chi connectivity index (χ4v) is 4.93. The van der Waals surface area contributed by atoms with E-state index < -0.39 is 10.0 Å². The lowest BCUT2D eigenvalue weighted by Crippen LogP contribution is -2.28. The molecular formula is C25H28N2O2S. The maximum atomic E-state index is 13.4. The monoisotopic (exact) mass is 420 g/mol. The summed E-state index contributed by atoms with van der Waals surface area (Å²) < 4.78 is 28.2. The van der Waals surface area contributed by atoms with Gasteiger partial charge in [0.25, 0.3) is 10.0 Å². The van der Waals surface area contributed by atoms with E-state index in [0.29, 0.717) is 12.1 Å². The van der Waals surface area contributed by atoms with Crippen LogP contribution < -0.4 is 5.32 Å². The van der Waals surface area contributed by atoms with E-state index in [1.165, 1.54) is 3.97 Å². The Morgan fingerprint density at radius 1 is 1.07 bits per heavy atom. The molecular weight excluding hydrogens is 392 g/mol. The van der Waals surface area contributed by atoms with Crippen LogP contribution in [0, 0.1) is 5.92 Å². The Kier molecular flexibility index (Phi) is 6.75. The van der Waals surface area contributed by atoms with Gasteiger partial charge in [0.2, 0.25) is 0 Å². The number of nitrogens with zero attached hydrogens (tertiary/aromatic N) is 1. The summed E-state index contributed by atoms with van der Waals surface area (Å²) in [6.45, 7) is 14.7. The zero-order valence-electron chi connectivity index (χ0n) is 17.3. The van der Waals surface area contributed by atoms with Gasteiger partial charge in [0.1, 0.15) is 0 Å². The smallest absolute Gasteiger partial charge is 0.268 e. The molecule has 0 aliphatic heterocycles. The lowest BCUT2D eigenvalue weighted by molar-refractivity contribution is 0.495. The topological polar surface area (TPSA) is 51.1 Å². The molecule has 1 unspecified atom stereocenters. The average Bonchev–Trinajstić information content (AvgIpc) is 3.17. The molecule has 4 nitrogen and oxygen atoms in total. The fourth-order valence-electron chi connectivity index (χ4n) is 3.53. The Morgan fingerprint density at radius 3 is 2.33 bits per heavy atom. The van der Waals surface area contributed by atoms with Gasteiger partial charge in [-0.2, -0.15) is 0 Å². The molecule has 0 radical (unpaired) electrons. The largest absolute Gasteiger partial charge is 0.305 e. The Morgan fingerprint density at radius 2 is 1.70 bits per heavy atom. The van der Waals surface area contributed by atoms with Gasteiger partial charge in [0.15, 0.2) is 0 Å². The molecule has 3 aromatic rings. The van der Waals surface area contributed by atoms with Crippen molar-refractivity contribution < 1.29 is 8.42 Å². The van der Waals surface area contributed by atoms with Crippen molar-refractivity contribution in [1.29, 1.82) is 0 Å². The predicted molar refractivity (Wildman–Crippen MR) is 125 cm³/mol. The zero-order chi connectivity index (χ0) is 21.7. The van der Waals surface area contributed by atoms with E-state index in [1.807, 2.05) is 36.4 Å². The molecule has 1 heterocycles. The lowest BCUT2D eigenvalue weighted by atomic mass is 9.92. The van der Waals surface area contributed by atoms with Gasteiger partial charge < -0.3 is 5.32 Å². The van der Waals surface area contributed by atoms with E-state index in [1.54, 1.807) is 36.5 Å². The molecule has 0 bridgehead atoms. The van der Waals surface area contributed by atoms with Crippen molar-refractivity contribution in [3.63, 3.8) is 0 Å². The van der Waals surface area contributed by atoms with Gasteiger partial charge in [-0.25, -0.2) is 12.4 Å². The average molecular weight is 421 g/mol. The third-order valence-electron chi connectivity index (χ3n) is 5.35. The van der Waals surface area contributed by atoms with Crippen LogP contribution in [0.15, 0.2) is 103 Å². The van der Waals surface area contributed by atoms with E-state index in [4.69, 9.17) is 0 Å². The maximum Gasteiger partial charge on any atom is 0.268 e. The van der Waals surface area contributed by atoms with Crippen LogP contribution in [0.1, 0.15) is 24.9 Å². The summed E-state index contributed by atoms with van der Waals surface area (Å²) in [6, 6.07) is 15.9. The molecule has 30 heavy (non-hydrogen) atoms. The first-order valence-corrected chi connectivity index (χ1v) is 11.4. The Labute approximate surface area is 179 Å². The third kappa shape index (κ3) is 4.18. The van der Waals surface area contributed by atoms with E-state index in [0.717, 1.165) is 22.9 Å². The van der Waals surface area contributed by atoms with E-state index in [2.05, 4.69) is 32.0 Å². The van der Waals surface area contributed by atoms with Crippen LogP contribution in [0.25, 0.3) is 10.9 Å². The van der Waals surface area contributed by atoms with Crippen molar-refractivity contribution in [3.05, 3.63) is 104 Å². The molecule has 0 saturated heterocycles. The Balaban J connectivity index is 2.19. The first kappa shape index (κ1) is 21.8. The number of para-hydroxylation sites is 1. The van der Waals surface area contributed by atoms with Gasteiger partial charge in [-0.05, 0) is 30.2 Å². The third-order valence-corrected chi connectivity index (χ3v) is 7.03. The van der Waals surface area contributed by atoms with Gasteiger partial charge in [-0.1, -0.05) is 67.6 Å². The molecule has 0 saturated carbocycles. The second-order valence-corrected chi connectivity index (χ2v) is 9.04. The normalized spacial score (nSPS) is 12.7. The zero-order valence-corrected chi connectivity index (χ0v) is 18.1. The Bertz CT molecular complexity index is 1150. The molecule has 0 aliphatic rings. The number of hydrogen-bond donors (Lipinski definition) is 1. The van der Waals surface area contributed by atoms with Crippen LogP contribution in [0.5, 0.6) is 0 Å². The highest BCUT2D eigenvalue weighted by molar-refractivity contribution is 7.90. The highest BCUT2D eigenvalue weighted by Crippen LogP contribution is 2.34. The minimum Gasteiger partial charge on any atom is -0.305 e. The molecule has 1 N–H and O–H groups in total. The number of aromatic nitrogens is 1. The number of rotatable bonds is 10. The molecule has 0 spiro atoms. The second-order valence-electron chi connectivity index (χ2n) is 7.23. The van der Waals surface area contributed by atoms with Gasteiger partial charge in [0, 0.05) is 30.1 Å². The summed E-state index contributed by atoms with van der Waals surface area (Å²) in [5.41, 5.74) is 2.61. The molecule has 2 aromatic carbocycles. The summed E-state index contributed by atoms with van der Waals surface area (Å²) >= 11 is 0. The van der Waals surface area contributed by atoms with Crippen LogP contribution in [-0.2, 0) is 10.0 Å². The minimum atomic E-state index is -3.73. The summed E-state index contributed by atoms with van der Waals surface area (Å²) in [6.07, 6.45) is 6.25. The van der Waals surface area contributed by atoms with Crippen molar-refractivity contribution >= 4 is 20.9 Å². The summed E-state index contributed by atoms with van der Waals surface area (Å²) in [5, 5.41) is 4.42. The van der Waals surface area contributed by atoms with Crippen molar-refractivity contribution in [1.82, 2.24) is 9.29 Å². The molecule has 0 fully saturated rings. The molecule has 0 aliphatic carbocycles. The van der Waals surface area contributed by atoms with Gasteiger partial charge in [-0.15, -0.1) is 13.2 Å². The molecule has 3 rings (SSSR count). The van der Waals surface area contributed by atoms with Crippen LogP contribution in [0.3, 0.4) is 0 Å². The van der Waals surface area contributed by atoms with Crippen LogP contribution in [0.2, 0.25) is 0 Å². The first-order valence-electron chi connectivity index (χ1n) is 9.99. The Hall–Kier alpha value is -2.89. The number of nitrogens with one attached hydrogen (secondary N) is 1. The fraction of sp³-hybridized carbons (Fsp3) is 0.200. The summed E-state index contributed by atoms with van der Waals surface area (Å²) in [5.74, 6) is -0.0756.